The van der Waals surface area contributed by atoms with Crippen LogP contribution in [0.15, 0.2) is 4.42 Å². The minimum Gasteiger partial charge on any atom is -0.464 e. The van der Waals surface area contributed by atoms with Crippen LogP contribution in [0.2, 0.25) is 0 Å². The van der Waals surface area contributed by atoms with Gasteiger partial charge < -0.3 is 13.9 Å². The summed E-state index contributed by atoms with van der Waals surface area (Å²) in [6.45, 7) is 2.31. The van der Waals surface area contributed by atoms with Gasteiger partial charge in [0.1, 0.15) is 6.54 Å². The first-order valence-corrected chi connectivity index (χ1v) is 6.00. The Morgan fingerprint density at radius 3 is 2.60 bits per heavy atom. The first-order valence-electron chi connectivity index (χ1n) is 6.00. The van der Waals surface area contributed by atoms with Crippen LogP contribution >= 0.6 is 0 Å². The van der Waals surface area contributed by atoms with Gasteiger partial charge in [0.2, 0.25) is 11.8 Å². The molecular weight excluding hydrogens is 266 g/mol. The Hall–Kier alpha value is -2.29. The minimum absolute atomic E-state index is 0.115. The van der Waals surface area contributed by atoms with Crippen LogP contribution < -0.4 is 0 Å². The molecule has 0 saturated heterocycles. The second-order valence-corrected chi connectivity index (χ2v) is 3.91. The second-order valence-electron chi connectivity index (χ2n) is 3.91. The molecule has 0 aliphatic carbocycles. The molecule has 0 spiro atoms. The molecular formula is C11H15N5O4. The Bertz CT molecular complexity index is 591. The number of nitrogens with zero attached hydrogens (tertiary/aromatic N) is 5. The molecule has 0 aromatic carbocycles. The predicted octanol–water partition coefficient (Wildman–Crippen LogP) is 0.205. The average Bonchev–Trinajstić information content (AvgIpc) is 3.07. The van der Waals surface area contributed by atoms with Gasteiger partial charge in [-0.3, -0.25) is 0 Å². The number of carbonyl (C=O) groups excluding carboxylic acids is 1. The molecule has 0 amide bonds. The van der Waals surface area contributed by atoms with Gasteiger partial charge in [0.05, 0.1) is 19.4 Å². The summed E-state index contributed by atoms with van der Waals surface area (Å²) in [6, 6.07) is 0. The Labute approximate surface area is 114 Å². The molecule has 9 nitrogen and oxygen atoms in total. The fraction of sp³-hybridized carbons (Fsp3) is 0.545. The first-order chi connectivity index (χ1) is 9.69. The highest BCUT2D eigenvalue weighted by molar-refractivity contribution is 5.88. The van der Waals surface area contributed by atoms with E-state index in [0.29, 0.717) is 23.9 Å². The van der Waals surface area contributed by atoms with E-state index in [0.717, 1.165) is 0 Å². The molecule has 0 bridgehead atoms. The van der Waals surface area contributed by atoms with Crippen molar-refractivity contribution in [2.45, 2.75) is 26.5 Å². The van der Waals surface area contributed by atoms with Crippen molar-refractivity contribution in [3.8, 4) is 0 Å². The number of aromatic nitrogens is 5. The maximum atomic E-state index is 11.6. The number of aryl methyl sites for hydroxylation is 1. The second kappa shape index (κ2) is 6.24. The topological polar surface area (TPSA) is 105 Å². The molecule has 2 aromatic rings. The Morgan fingerprint density at radius 1 is 1.25 bits per heavy atom. The van der Waals surface area contributed by atoms with Crippen LogP contribution in [0.3, 0.4) is 0 Å². The zero-order valence-corrected chi connectivity index (χ0v) is 11.5. The lowest BCUT2D eigenvalue weighted by atomic mass is 10.3. The molecule has 2 heterocycles. The number of methoxy groups -OCH3 is 2. The summed E-state index contributed by atoms with van der Waals surface area (Å²) in [7, 11) is 2.80. The van der Waals surface area contributed by atoms with Crippen molar-refractivity contribution >= 4 is 5.97 Å². The highest BCUT2D eigenvalue weighted by atomic mass is 16.5. The summed E-state index contributed by atoms with van der Waals surface area (Å²) >= 11 is 0. The average molecular weight is 281 g/mol. The normalized spacial score (nSPS) is 10.8. The van der Waals surface area contributed by atoms with Crippen LogP contribution in [0.1, 0.15) is 34.9 Å². The Balaban J connectivity index is 2.26. The largest absolute Gasteiger partial charge is 0.464 e. The molecule has 2 aromatic heterocycles. The summed E-state index contributed by atoms with van der Waals surface area (Å²) in [5.74, 6) is 0.366. The third-order valence-corrected chi connectivity index (χ3v) is 2.59. The predicted molar refractivity (Wildman–Crippen MR) is 64.9 cm³/mol. The molecule has 0 aliphatic heterocycles. The number of ether oxygens (including phenoxy) is 2. The maximum absolute atomic E-state index is 11.6. The monoisotopic (exact) mass is 281 g/mol. The first kappa shape index (κ1) is 14.1. The Morgan fingerprint density at radius 2 is 2.00 bits per heavy atom. The quantitative estimate of drug-likeness (QED) is 0.691. The van der Waals surface area contributed by atoms with E-state index in [2.05, 4.69) is 25.2 Å². The lowest BCUT2D eigenvalue weighted by Gasteiger charge is -2.04. The third kappa shape index (κ3) is 2.82. The van der Waals surface area contributed by atoms with Gasteiger partial charge in [0.25, 0.3) is 0 Å². The van der Waals surface area contributed by atoms with E-state index in [1.807, 2.05) is 6.92 Å². The number of hydrogen-bond donors (Lipinski definition) is 0. The molecule has 0 N–H and O–H groups in total. The summed E-state index contributed by atoms with van der Waals surface area (Å²) in [6.07, 6.45) is 0.655. The van der Waals surface area contributed by atoms with Gasteiger partial charge in [-0.05, 0) is 0 Å². The molecule has 0 saturated carbocycles. The lowest BCUT2D eigenvalue weighted by molar-refractivity contribution is 0.0588. The van der Waals surface area contributed by atoms with Crippen molar-refractivity contribution in [3.05, 3.63) is 23.2 Å². The smallest absolute Gasteiger partial charge is 0.360 e. The number of hydrogen-bond acceptors (Lipinski definition) is 8. The van der Waals surface area contributed by atoms with Crippen molar-refractivity contribution in [2.75, 3.05) is 14.2 Å². The summed E-state index contributed by atoms with van der Waals surface area (Å²) in [4.78, 5) is 11.6. The van der Waals surface area contributed by atoms with E-state index in [1.54, 1.807) is 0 Å². The molecule has 0 fully saturated rings. The van der Waals surface area contributed by atoms with Gasteiger partial charge >= 0.3 is 5.97 Å². The third-order valence-electron chi connectivity index (χ3n) is 2.59. The van der Waals surface area contributed by atoms with Crippen LogP contribution in [0, 0.1) is 0 Å². The highest BCUT2D eigenvalue weighted by Crippen LogP contribution is 2.11. The summed E-state index contributed by atoms with van der Waals surface area (Å²) in [5.41, 5.74) is 0.611. The number of rotatable bonds is 6. The molecule has 108 valence electrons. The summed E-state index contributed by atoms with van der Waals surface area (Å²) < 4.78 is 16.6. The van der Waals surface area contributed by atoms with Gasteiger partial charge in [-0.2, -0.15) is 0 Å². The van der Waals surface area contributed by atoms with Crippen molar-refractivity contribution in [1.29, 1.82) is 0 Å². The van der Waals surface area contributed by atoms with E-state index < -0.39 is 5.97 Å². The van der Waals surface area contributed by atoms with E-state index in [-0.39, 0.29) is 18.8 Å². The van der Waals surface area contributed by atoms with E-state index >= 15 is 0 Å². The zero-order valence-electron chi connectivity index (χ0n) is 11.5. The van der Waals surface area contributed by atoms with Gasteiger partial charge in [0.15, 0.2) is 5.69 Å². The van der Waals surface area contributed by atoms with Crippen LogP contribution in [0.25, 0.3) is 0 Å². The van der Waals surface area contributed by atoms with Crippen molar-refractivity contribution in [2.24, 2.45) is 0 Å². The van der Waals surface area contributed by atoms with Crippen LogP contribution in [0.5, 0.6) is 0 Å². The minimum atomic E-state index is -0.567. The number of carbonyl (C=O) groups is 1. The van der Waals surface area contributed by atoms with Crippen LogP contribution in [-0.4, -0.2) is 45.4 Å². The highest BCUT2D eigenvalue weighted by Gasteiger charge is 2.21. The van der Waals surface area contributed by atoms with Gasteiger partial charge in [-0.15, -0.1) is 15.3 Å². The fourth-order valence-electron chi connectivity index (χ4n) is 1.62. The Kier molecular flexibility index (Phi) is 4.41. The van der Waals surface area contributed by atoms with Gasteiger partial charge in [-0.25, -0.2) is 9.48 Å². The molecule has 20 heavy (non-hydrogen) atoms. The van der Waals surface area contributed by atoms with E-state index in [4.69, 9.17) is 9.15 Å². The van der Waals surface area contributed by atoms with Crippen molar-refractivity contribution in [1.82, 2.24) is 25.2 Å². The molecule has 0 aliphatic rings. The fourth-order valence-corrected chi connectivity index (χ4v) is 1.62. The maximum Gasteiger partial charge on any atom is 0.360 e. The van der Waals surface area contributed by atoms with Crippen molar-refractivity contribution < 1.29 is 18.7 Å². The van der Waals surface area contributed by atoms with E-state index in [9.17, 15) is 4.79 Å². The molecule has 0 unspecified atom stereocenters. The van der Waals surface area contributed by atoms with Gasteiger partial charge in [0, 0.05) is 13.5 Å². The standard InChI is InChI=1S/C11H15N5O4/c1-4-8-12-13-9(20-8)5-16-7(6-18-2)10(14-15-16)11(17)19-3/h4-6H2,1-3H3. The lowest BCUT2D eigenvalue weighted by Crippen LogP contribution is -2.11. The molecule has 0 radical (unpaired) electrons. The van der Waals surface area contributed by atoms with Crippen molar-refractivity contribution in [3.63, 3.8) is 0 Å². The number of esters is 1. The SMILES string of the molecule is CCc1nnc(Cn2nnc(C(=O)OC)c2COC)o1. The van der Waals surface area contributed by atoms with Crippen LogP contribution in [-0.2, 0) is 29.0 Å². The molecule has 9 heteroatoms. The zero-order chi connectivity index (χ0) is 14.5. The molecule has 2 rings (SSSR count). The van der Waals surface area contributed by atoms with Gasteiger partial charge in [-0.1, -0.05) is 12.1 Å². The molecule has 0 atom stereocenters. The van der Waals surface area contributed by atoms with E-state index in [1.165, 1.54) is 18.9 Å². The van der Waals surface area contributed by atoms with Crippen LogP contribution in [0.4, 0.5) is 0 Å². The summed E-state index contributed by atoms with van der Waals surface area (Å²) in [5, 5.41) is 15.4.